The zero-order valence-corrected chi connectivity index (χ0v) is 10.8. The number of hydrogen-bond donors (Lipinski definition) is 1. The molecule has 0 bridgehead atoms. The van der Waals surface area contributed by atoms with Gasteiger partial charge in [0.2, 0.25) is 0 Å². The highest BCUT2D eigenvalue weighted by Gasteiger charge is 1.90. The number of unbranched alkanes of at least 4 members (excludes halogenated alkanes) is 9. The molecule has 0 heterocycles. The van der Waals surface area contributed by atoms with Gasteiger partial charge in [0.25, 0.3) is 0 Å². The molecule has 0 saturated heterocycles. The summed E-state index contributed by atoms with van der Waals surface area (Å²) >= 11 is 0. The van der Waals surface area contributed by atoms with Crippen molar-refractivity contribution in [3.63, 3.8) is 0 Å². The molecule has 0 saturated carbocycles. The molecule has 0 rings (SSSR count). The van der Waals surface area contributed by atoms with E-state index < -0.39 is 0 Å². The van der Waals surface area contributed by atoms with Gasteiger partial charge in [0.15, 0.2) is 0 Å². The molecule has 0 aliphatic heterocycles. The molecule has 0 atom stereocenters. The van der Waals surface area contributed by atoms with Crippen molar-refractivity contribution in [3.05, 3.63) is 13.2 Å². The first-order chi connectivity index (χ1) is 7.41. The average molecular weight is 213 g/mol. The zero-order valence-electron chi connectivity index (χ0n) is 10.8. The summed E-state index contributed by atoms with van der Waals surface area (Å²) in [5.74, 6) is 0. The van der Waals surface area contributed by atoms with E-state index >= 15 is 0 Å². The lowest BCUT2D eigenvalue weighted by Gasteiger charge is -2.00. The summed E-state index contributed by atoms with van der Waals surface area (Å²) in [6.45, 7) is 9.14. The summed E-state index contributed by atoms with van der Waals surface area (Å²) in [6, 6.07) is 0. The Morgan fingerprint density at radius 3 is 1.33 bits per heavy atom. The number of hydrogen-bond acceptors (Lipinski definition) is 1. The summed E-state index contributed by atoms with van der Waals surface area (Å²) < 4.78 is 0. The molecule has 0 fully saturated rings. The van der Waals surface area contributed by atoms with Crippen LogP contribution in [0.25, 0.3) is 0 Å². The molecule has 0 amide bonds. The van der Waals surface area contributed by atoms with E-state index in [0.717, 1.165) is 6.54 Å². The van der Waals surface area contributed by atoms with Gasteiger partial charge in [-0.05, 0) is 13.0 Å². The maximum Gasteiger partial charge on any atom is -0.00773 e. The van der Waals surface area contributed by atoms with Crippen molar-refractivity contribution < 1.29 is 0 Å². The normalized spacial score (nSPS) is 9.47. The Morgan fingerprint density at radius 1 is 0.667 bits per heavy atom. The van der Waals surface area contributed by atoms with Crippen molar-refractivity contribution in [2.45, 2.75) is 71.1 Å². The second kappa shape index (κ2) is 19.3. The Hall–Kier alpha value is -0.300. The van der Waals surface area contributed by atoms with Gasteiger partial charge in [-0.15, -0.1) is 13.2 Å². The molecule has 1 nitrogen and oxygen atoms in total. The first kappa shape index (κ1) is 17.1. The quantitative estimate of drug-likeness (QED) is 0.414. The lowest BCUT2D eigenvalue weighted by Crippen LogP contribution is -1.97. The van der Waals surface area contributed by atoms with Crippen LogP contribution in [0.2, 0.25) is 0 Å². The average Bonchev–Trinajstić information content (AvgIpc) is 2.30. The van der Waals surface area contributed by atoms with E-state index in [1.54, 1.807) is 0 Å². The Labute approximate surface area is 97.1 Å². The van der Waals surface area contributed by atoms with Crippen molar-refractivity contribution in [1.29, 1.82) is 0 Å². The first-order valence-electron chi connectivity index (χ1n) is 6.62. The molecule has 0 aromatic carbocycles. The molecule has 0 spiro atoms. The maximum absolute atomic E-state index is 5.42. The standard InChI is InChI=1S/C12H27N.C2H4/c1-2-3-4-5-6-7-8-9-10-11-12-13;1-2/h2-13H2,1H3;1-2H2. The Morgan fingerprint density at radius 2 is 1.00 bits per heavy atom. The van der Waals surface area contributed by atoms with E-state index in [9.17, 15) is 0 Å². The minimum atomic E-state index is 0.872. The van der Waals surface area contributed by atoms with E-state index in [4.69, 9.17) is 5.73 Å². The molecule has 1 heteroatoms. The fourth-order valence-corrected chi connectivity index (χ4v) is 1.63. The summed E-state index contributed by atoms with van der Waals surface area (Å²) in [7, 11) is 0. The van der Waals surface area contributed by atoms with Crippen LogP contribution in [0.4, 0.5) is 0 Å². The van der Waals surface area contributed by atoms with Crippen LogP contribution in [0.15, 0.2) is 13.2 Å². The predicted octanol–water partition coefficient (Wildman–Crippen LogP) is 4.67. The molecular weight excluding hydrogens is 182 g/mol. The van der Waals surface area contributed by atoms with Gasteiger partial charge in [0, 0.05) is 0 Å². The first-order valence-corrected chi connectivity index (χ1v) is 6.62. The second-order valence-electron chi connectivity index (χ2n) is 3.97. The van der Waals surface area contributed by atoms with Crippen molar-refractivity contribution in [3.8, 4) is 0 Å². The molecule has 0 radical (unpaired) electrons. The number of rotatable bonds is 10. The Balaban J connectivity index is 0. The van der Waals surface area contributed by atoms with E-state index in [1.165, 1.54) is 64.2 Å². The predicted molar refractivity (Wildman–Crippen MR) is 72.2 cm³/mol. The minimum absolute atomic E-state index is 0.872. The van der Waals surface area contributed by atoms with Crippen molar-refractivity contribution in [2.24, 2.45) is 5.73 Å². The maximum atomic E-state index is 5.42. The van der Waals surface area contributed by atoms with Crippen molar-refractivity contribution in [2.75, 3.05) is 6.54 Å². The minimum Gasteiger partial charge on any atom is -0.330 e. The molecule has 0 unspecified atom stereocenters. The second-order valence-corrected chi connectivity index (χ2v) is 3.97. The summed E-state index contributed by atoms with van der Waals surface area (Å²) in [4.78, 5) is 0. The lowest BCUT2D eigenvalue weighted by atomic mass is 10.1. The molecule has 0 aromatic heterocycles. The van der Waals surface area contributed by atoms with E-state index in [-0.39, 0.29) is 0 Å². The van der Waals surface area contributed by atoms with Gasteiger partial charge in [-0.2, -0.15) is 0 Å². The van der Waals surface area contributed by atoms with Gasteiger partial charge < -0.3 is 5.73 Å². The van der Waals surface area contributed by atoms with Gasteiger partial charge in [0.05, 0.1) is 0 Å². The zero-order chi connectivity index (χ0) is 11.8. The van der Waals surface area contributed by atoms with Crippen LogP contribution in [-0.4, -0.2) is 6.54 Å². The number of nitrogens with two attached hydrogens (primary N) is 1. The van der Waals surface area contributed by atoms with Crippen LogP contribution in [-0.2, 0) is 0 Å². The fourth-order valence-electron chi connectivity index (χ4n) is 1.63. The van der Waals surface area contributed by atoms with E-state index in [0.29, 0.717) is 0 Å². The third-order valence-electron chi connectivity index (χ3n) is 2.56. The third-order valence-corrected chi connectivity index (χ3v) is 2.56. The smallest absolute Gasteiger partial charge is 0.00773 e. The lowest BCUT2D eigenvalue weighted by molar-refractivity contribution is 0.558. The highest BCUT2D eigenvalue weighted by Crippen LogP contribution is 2.09. The molecule has 2 N–H and O–H groups in total. The Kier molecular flexibility index (Phi) is 22.0. The molecule has 0 aliphatic rings. The van der Waals surface area contributed by atoms with Crippen LogP contribution >= 0.6 is 0 Å². The van der Waals surface area contributed by atoms with Gasteiger partial charge >= 0.3 is 0 Å². The third kappa shape index (κ3) is 19.9. The van der Waals surface area contributed by atoms with Crippen LogP contribution in [0, 0.1) is 0 Å². The highest BCUT2D eigenvalue weighted by atomic mass is 14.5. The topological polar surface area (TPSA) is 26.0 Å². The van der Waals surface area contributed by atoms with Crippen molar-refractivity contribution in [1.82, 2.24) is 0 Å². The van der Waals surface area contributed by atoms with Gasteiger partial charge in [-0.1, -0.05) is 64.7 Å². The summed E-state index contributed by atoms with van der Waals surface area (Å²) in [6.07, 6.45) is 13.9. The molecule has 0 aliphatic carbocycles. The summed E-state index contributed by atoms with van der Waals surface area (Å²) in [5, 5.41) is 0. The Bertz CT molecular complexity index is 81.3. The van der Waals surface area contributed by atoms with Crippen molar-refractivity contribution >= 4 is 0 Å². The molecule has 15 heavy (non-hydrogen) atoms. The van der Waals surface area contributed by atoms with Gasteiger partial charge in [-0.25, -0.2) is 0 Å². The van der Waals surface area contributed by atoms with Crippen LogP contribution in [0.5, 0.6) is 0 Å². The monoisotopic (exact) mass is 213 g/mol. The molecule has 92 valence electrons. The largest absolute Gasteiger partial charge is 0.330 e. The van der Waals surface area contributed by atoms with Crippen LogP contribution in [0.3, 0.4) is 0 Å². The van der Waals surface area contributed by atoms with E-state index in [1.807, 2.05) is 0 Å². The SMILES string of the molecule is C=C.CCCCCCCCCCCCN. The highest BCUT2D eigenvalue weighted by molar-refractivity contribution is 4.47. The molecular formula is C14H31N. The van der Waals surface area contributed by atoms with E-state index in [2.05, 4.69) is 20.1 Å². The van der Waals surface area contributed by atoms with Gasteiger partial charge in [0.1, 0.15) is 0 Å². The summed E-state index contributed by atoms with van der Waals surface area (Å²) in [5.41, 5.74) is 5.42. The van der Waals surface area contributed by atoms with Gasteiger partial charge in [-0.3, -0.25) is 0 Å². The fraction of sp³-hybridized carbons (Fsp3) is 0.857. The molecule has 0 aromatic rings. The van der Waals surface area contributed by atoms with Crippen LogP contribution in [0.1, 0.15) is 71.1 Å². The van der Waals surface area contributed by atoms with Crippen LogP contribution < -0.4 is 5.73 Å².